The molecule has 0 radical (unpaired) electrons. The van der Waals surface area contributed by atoms with Crippen molar-refractivity contribution in [3.63, 3.8) is 0 Å². The minimum absolute atomic E-state index is 0.726. The maximum Gasteiger partial charge on any atom is 0.0879 e. The van der Waals surface area contributed by atoms with Crippen LogP contribution in [0.1, 0.15) is 0 Å². The SMILES string of the molecule is C=c1ccc2c(c1)N(c1ccccc1)c1cc(N)ccc1N=2. The molecule has 1 heterocycles. The number of nitrogen functional groups attached to an aromatic ring is 1. The smallest absolute Gasteiger partial charge is 0.0879 e. The molecule has 0 unspecified atom stereocenters. The van der Waals surface area contributed by atoms with Gasteiger partial charge in [-0.1, -0.05) is 30.8 Å². The average molecular weight is 285 g/mol. The molecule has 0 bridgehead atoms. The molecule has 0 amide bonds. The third-order valence-electron chi connectivity index (χ3n) is 3.78. The van der Waals surface area contributed by atoms with Gasteiger partial charge in [0, 0.05) is 11.4 Å². The first-order valence-electron chi connectivity index (χ1n) is 7.15. The highest BCUT2D eigenvalue weighted by atomic mass is 15.2. The van der Waals surface area contributed by atoms with E-state index < -0.39 is 0 Å². The van der Waals surface area contributed by atoms with Gasteiger partial charge in [0.2, 0.25) is 0 Å². The van der Waals surface area contributed by atoms with Crippen LogP contribution in [0.2, 0.25) is 0 Å². The predicted octanol–water partition coefficient (Wildman–Crippen LogP) is 3.41. The Morgan fingerprint density at radius 2 is 1.68 bits per heavy atom. The van der Waals surface area contributed by atoms with E-state index in [1.807, 2.05) is 48.5 Å². The van der Waals surface area contributed by atoms with Crippen LogP contribution in [-0.4, -0.2) is 0 Å². The Labute approximate surface area is 128 Å². The van der Waals surface area contributed by atoms with Crippen LogP contribution in [0.5, 0.6) is 0 Å². The van der Waals surface area contributed by atoms with Crippen LogP contribution in [0.15, 0.2) is 71.7 Å². The summed E-state index contributed by atoms with van der Waals surface area (Å²) < 4.78 is 0. The molecule has 0 atom stereocenters. The molecule has 0 spiro atoms. The van der Waals surface area contributed by atoms with E-state index in [0.717, 1.165) is 39.0 Å². The lowest BCUT2D eigenvalue weighted by atomic mass is 10.1. The maximum atomic E-state index is 5.99. The zero-order valence-electron chi connectivity index (χ0n) is 12.0. The fraction of sp³-hybridized carbons (Fsp3) is 0. The van der Waals surface area contributed by atoms with E-state index in [1.54, 1.807) is 0 Å². The first-order valence-corrected chi connectivity index (χ1v) is 7.15. The minimum Gasteiger partial charge on any atom is -0.399 e. The second-order valence-electron chi connectivity index (χ2n) is 5.35. The molecule has 3 aromatic carbocycles. The Bertz CT molecular complexity index is 962. The molecule has 0 saturated heterocycles. The molecule has 22 heavy (non-hydrogen) atoms. The number of para-hydroxylation sites is 1. The minimum atomic E-state index is 0.726. The van der Waals surface area contributed by atoms with Crippen LogP contribution >= 0.6 is 0 Å². The number of hydrogen-bond acceptors (Lipinski definition) is 3. The number of rotatable bonds is 1. The van der Waals surface area contributed by atoms with E-state index in [-0.39, 0.29) is 0 Å². The number of nitrogens with zero attached hydrogens (tertiary/aromatic N) is 2. The molecule has 3 aromatic rings. The van der Waals surface area contributed by atoms with E-state index >= 15 is 0 Å². The van der Waals surface area contributed by atoms with Gasteiger partial charge in [0.1, 0.15) is 0 Å². The summed E-state index contributed by atoms with van der Waals surface area (Å²) in [6, 6.07) is 22.1. The molecule has 3 heteroatoms. The molecular weight excluding hydrogens is 270 g/mol. The van der Waals surface area contributed by atoms with E-state index in [1.165, 1.54) is 0 Å². The van der Waals surface area contributed by atoms with Gasteiger partial charge in [-0.2, -0.15) is 0 Å². The van der Waals surface area contributed by atoms with Gasteiger partial charge >= 0.3 is 0 Å². The Kier molecular flexibility index (Phi) is 2.73. The first kappa shape index (κ1) is 12.7. The fourth-order valence-corrected chi connectivity index (χ4v) is 2.77. The fourth-order valence-electron chi connectivity index (χ4n) is 2.77. The number of nitrogens with two attached hydrogens (primary N) is 1. The van der Waals surface area contributed by atoms with E-state index in [2.05, 4.69) is 29.7 Å². The number of benzene rings is 3. The van der Waals surface area contributed by atoms with E-state index in [0.29, 0.717) is 0 Å². The quantitative estimate of drug-likeness (QED) is 0.544. The van der Waals surface area contributed by atoms with Gasteiger partial charge in [-0.15, -0.1) is 0 Å². The standard InChI is InChI=1S/C19H15N3/c1-13-7-9-16-18(11-13)22(15-5-3-2-4-6-15)19-12-14(20)8-10-17(19)21-16/h2-12H,1,20H2. The van der Waals surface area contributed by atoms with Crippen molar-refractivity contribution in [1.82, 2.24) is 0 Å². The summed E-state index contributed by atoms with van der Waals surface area (Å²) in [6.07, 6.45) is 0. The molecule has 4 rings (SSSR count). The van der Waals surface area contributed by atoms with Crippen molar-refractivity contribution >= 4 is 35.0 Å². The van der Waals surface area contributed by atoms with Gasteiger partial charge in [-0.3, -0.25) is 0 Å². The van der Waals surface area contributed by atoms with Crippen LogP contribution in [-0.2, 0) is 0 Å². The lowest BCUT2D eigenvalue weighted by Crippen LogP contribution is -2.24. The van der Waals surface area contributed by atoms with Crippen molar-refractivity contribution < 1.29 is 0 Å². The molecule has 0 fully saturated rings. The zero-order chi connectivity index (χ0) is 15.1. The van der Waals surface area contributed by atoms with Crippen LogP contribution in [0.4, 0.5) is 28.4 Å². The van der Waals surface area contributed by atoms with Gasteiger partial charge in [-0.25, -0.2) is 4.99 Å². The molecule has 1 aliphatic rings. The molecule has 2 N–H and O–H groups in total. The highest BCUT2D eigenvalue weighted by Crippen LogP contribution is 2.41. The largest absolute Gasteiger partial charge is 0.399 e. The van der Waals surface area contributed by atoms with Crippen molar-refractivity contribution in [2.75, 3.05) is 10.6 Å². The Balaban J connectivity index is 2.08. The third kappa shape index (κ3) is 1.95. The van der Waals surface area contributed by atoms with Gasteiger partial charge < -0.3 is 10.6 Å². The summed E-state index contributed by atoms with van der Waals surface area (Å²) in [6.45, 7) is 4.04. The van der Waals surface area contributed by atoms with Crippen molar-refractivity contribution in [2.24, 2.45) is 4.99 Å². The monoisotopic (exact) mass is 285 g/mol. The summed E-state index contributed by atoms with van der Waals surface area (Å²) in [5, 5.41) is 1.90. The van der Waals surface area contributed by atoms with Crippen LogP contribution in [0.3, 0.4) is 0 Å². The van der Waals surface area contributed by atoms with Crippen LogP contribution in [0.25, 0.3) is 6.58 Å². The average Bonchev–Trinajstić information content (AvgIpc) is 2.54. The van der Waals surface area contributed by atoms with Crippen LogP contribution in [0, 0.1) is 0 Å². The second-order valence-corrected chi connectivity index (χ2v) is 5.35. The van der Waals surface area contributed by atoms with Gasteiger partial charge in [0.25, 0.3) is 0 Å². The summed E-state index contributed by atoms with van der Waals surface area (Å²) in [5.41, 5.74) is 10.7. The summed E-state index contributed by atoms with van der Waals surface area (Å²) in [4.78, 5) is 6.93. The van der Waals surface area contributed by atoms with Crippen molar-refractivity contribution in [3.8, 4) is 0 Å². The van der Waals surface area contributed by atoms with Crippen molar-refractivity contribution in [2.45, 2.75) is 0 Å². The van der Waals surface area contributed by atoms with Crippen molar-refractivity contribution in [1.29, 1.82) is 0 Å². The molecular formula is C19H15N3. The first-order chi connectivity index (χ1) is 10.7. The number of hydrogen-bond donors (Lipinski definition) is 1. The molecule has 106 valence electrons. The van der Waals surface area contributed by atoms with Gasteiger partial charge in [0.05, 0.1) is 22.4 Å². The third-order valence-corrected chi connectivity index (χ3v) is 3.78. The van der Waals surface area contributed by atoms with E-state index in [9.17, 15) is 0 Å². The molecule has 0 aromatic heterocycles. The van der Waals surface area contributed by atoms with Crippen LogP contribution < -0.4 is 21.2 Å². The highest BCUT2D eigenvalue weighted by Gasteiger charge is 2.21. The molecule has 3 nitrogen and oxygen atoms in total. The lowest BCUT2D eigenvalue weighted by Gasteiger charge is -2.29. The lowest BCUT2D eigenvalue weighted by molar-refractivity contribution is 1.17. The van der Waals surface area contributed by atoms with E-state index in [4.69, 9.17) is 10.7 Å². The zero-order valence-corrected chi connectivity index (χ0v) is 12.0. The summed E-state index contributed by atoms with van der Waals surface area (Å²) in [7, 11) is 0. The molecule has 0 aliphatic carbocycles. The number of anilines is 4. The topological polar surface area (TPSA) is 41.6 Å². The Morgan fingerprint density at radius 3 is 2.50 bits per heavy atom. The molecule has 1 aliphatic heterocycles. The summed E-state index contributed by atoms with van der Waals surface area (Å²) >= 11 is 0. The Morgan fingerprint density at radius 1 is 0.864 bits per heavy atom. The Hall–Kier alpha value is -3.07. The maximum absolute atomic E-state index is 5.99. The predicted molar refractivity (Wildman–Crippen MR) is 91.5 cm³/mol. The summed E-state index contributed by atoms with van der Waals surface area (Å²) in [5.74, 6) is 0. The number of fused-ring (bicyclic) bond motifs is 2. The second kappa shape index (κ2) is 4.74. The van der Waals surface area contributed by atoms with Crippen molar-refractivity contribution in [3.05, 3.63) is 77.3 Å². The normalized spacial score (nSPS) is 12.3. The molecule has 0 saturated carbocycles. The van der Waals surface area contributed by atoms with Gasteiger partial charge in [-0.05, 0) is 47.7 Å². The van der Waals surface area contributed by atoms with Gasteiger partial charge in [0.15, 0.2) is 0 Å². The highest BCUT2D eigenvalue weighted by molar-refractivity contribution is 5.86.